The fourth-order valence-corrected chi connectivity index (χ4v) is 2.61. The van der Waals surface area contributed by atoms with Gasteiger partial charge in [0.2, 0.25) is 0 Å². The number of hydrogen-bond acceptors (Lipinski definition) is 4. The number of esters is 1. The first-order valence-electron chi connectivity index (χ1n) is 6.60. The summed E-state index contributed by atoms with van der Waals surface area (Å²) in [5, 5.41) is 0. The predicted molar refractivity (Wildman–Crippen MR) is 75.7 cm³/mol. The van der Waals surface area contributed by atoms with E-state index in [0.717, 1.165) is 19.5 Å². The van der Waals surface area contributed by atoms with Crippen LogP contribution in [0.5, 0.6) is 0 Å². The van der Waals surface area contributed by atoms with Crippen molar-refractivity contribution in [2.45, 2.75) is 13.0 Å². The summed E-state index contributed by atoms with van der Waals surface area (Å²) in [6, 6.07) is 5.77. The number of aryl methyl sites for hydroxylation is 1. The Kier molecular flexibility index (Phi) is 3.18. The van der Waals surface area contributed by atoms with Crippen molar-refractivity contribution in [3.05, 3.63) is 47.5 Å². The molecule has 1 aliphatic rings. The molecule has 0 amide bonds. The normalized spacial score (nSPS) is 13.4. The quantitative estimate of drug-likeness (QED) is 0.798. The Morgan fingerprint density at radius 2 is 2.30 bits per heavy atom. The molecule has 20 heavy (non-hydrogen) atoms. The molecule has 0 aliphatic carbocycles. The topological polar surface area (TPSA) is 47.4 Å². The van der Waals surface area contributed by atoms with Crippen LogP contribution >= 0.6 is 0 Å². The highest BCUT2D eigenvalue weighted by Gasteiger charge is 2.21. The lowest BCUT2D eigenvalue weighted by molar-refractivity contribution is 0.0600. The Balaban J connectivity index is 1.84. The zero-order valence-electron chi connectivity index (χ0n) is 11.7. The molecular formula is C15H17N3O2. The van der Waals surface area contributed by atoms with Crippen LogP contribution in [0, 0.1) is 0 Å². The monoisotopic (exact) mass is 271 g/mol. The fraction of sp³-hybridized carbons (Fsp3) is 0.333. The van der Waals surface area contributed by atoms with E-state index in [1.807, 2.05) is 42.3 Å². The van der Waals surface area contributed by atoms with Crippen LogP contribution in [-0.2, 0) is 24.8 Å². The second-order valence-corrected chi connectivity index (χ2v) is 5.00. The van der Waals surface area contributed by atoms with E-state index in [2.05, 4.69) is 9.88 Å². The minimum atomic E-state index is -0.280. The molecule has 2 aromatic rings. The Bertz CT molecular complexity index is 648. The van der Waals surface area contributed by atoms with Crippen LogP contribution in [0.15, 0.2) is 30.7 Å². The molecule has 0 saturated heterocycles. The van der Waals surface area contributed by atoms with Crippen LogP contribution in [-0.4, -0.2) is 29.2 Å². The third kappa shape index (κ3) is 2.15. The summed E-state index contributed by atoms with van der Waals surface area (Å²) in [5.74, 6) is -0.280. The first-order chi connectivity index (χ1) is 9.69. The molecule has 5 heteroatoms. The molecule has 0 bridgehead atoms. The number of fused-ring (bicyclic) bond motifs is 1. The van der Waals surface area contributed by atoms with Gasteiger partial charge < -0.3 is 14.2 Å². The number of hydrogen-bond donors (Lipinski definition) is 0. The van der Waals surface area contributed by atoms with Gasteiger partial charge in [-0.15, -0.1) is 0 Å². The third-order valence-corrected chi connectivity index (χ3v) is 3.76. The van der Waals surface area contributed by atoms with Gasteiger partial charge in [0.1, 0.15) is 0 Å². The molecule has 1 aromatic carbocycles. The molecule has 104 valence electrons. The molecule has 0 spiro atoms. The van der Waals surface area contributed by atoms with Gasteiger partial charge in [-0.1, -0.05) is 0 Å². The van der Waals surface area contributed by atoms with Crippen molar-refractivity contribution in [2.24, 2.45) is 7.05 Å². The second kappa shape index (κ2) is 5.00. The van der Waals surface area contributed by atoms with Crippen molar-refractivity contribution in [1.29, 1.82) is 0 Å². The Morgan fingerprint density at radius 3 is 3.00 bits per heavy atom. The largest absolute Gasteiger partial charge is 0.465 e. The van der Waals surface area contributed by atoms with E-state index >= 15 is 0 Å². The molecule has 0 unspecified atom stereocenters. The lowest BCUT2D eigenvalue weighted by atomic mass is 10.1. The summed E-state index contributed by atoms with van der Waals surface area (Å²) < 4.78 is 6.79. The van der Waals surface area contributed by atoms with Crippen LogP contribution in [0.2, 0.25) is 0 Å². The molecule has 1 aromatic heterocycles. The average molecular weight is 271 g/mol. The number of rotatable bonds is 3. The van der Waals surface area contributed by atoms with Gasteiger partial charge >= 0.3 is 5.97 Å². The number of carbonyl (C=O) groups is 1. The van der Waals surface area contributed by atoms with E-state index in [1.165, 1.54) is 24.1 Å². The predicted octanol–water partition coefficient (Wildman–Crippen LogP) is 1.77. The van der Waals surface area contributed by atoms with Gasteiger partial charge in [-0.3, -0.25) is 0 Å². The van der Waals surface area contributed by atoms with Crippen molar-refractivity contribution >= 4 is 11.7 Å². The summed E-state index contributed by atoms with van der Waals surface area (Å²) in [5.41, 5.74) is 4.19. The number of carbonyl (C=O) groups excluding carboxylic acids is 1. The number of ether oxygens (including phenoxy) is 1. The molecule has 0 atom stereocenters. The van der Waals surface area contributed by atoms with Gasteiger partial charge in [-0.05, 0) is 30.2 Å². The number of benzene rings is 1. The van der Waals surface area contributed by atoms with E-state index in [0.29, 0.717) is 5.56 Å². The highest BCUT2D eigenvalue weighted by Crippen LogP contribution is 2.30. The number of imidazole rings is 1. The first kappa shape index (κ1) is 12.7. The molecule has 5 nitrogen and oxygen atoms in total. The van der Waals surface area contributed by atoms with Crippen LogP contribution < -0.4 is 4.90 Å². The summed E-state index contributed by atoms with van der Waals surface area (Å²) in [6.45, 7) is 1.80. The first-order valence-corrected chi connectivity index (χ1v) is 6.60. The average Bonchev–Trinajstić information content (AvgIpc) is 3.05. The SMILES string of the molecule is COC(=O)c1ccc2c(c1)CCN2Cc1cncn1C. The maximum absolute atomic E-state index is 11.5. The highest BCUT2D eigenvalue weighted by atomic mass is 16.5. The molecule has 0 N–H and O–H groups in total. The van der Waals surface area contributed by atoms with Gasteiger partial charge in [-0.25, -0.2) is 9.78 Å². The van der Waals surface area contributed by atoms with Gasteiger partial charge in [0.05, 0.1) is 31.2 Å². The summed E-state index contributed by atoms with van der Waals surface area (Å²) in [7, 11) is 3.41. The minimum absolute atomic E-state index is 0.280. The van der Waals surface area contributed by atoms with E-state index < -0.39 is 0 Å². The summed E-state index contributed by atoms with van der Waals surface area (Å²) in [4.78, 5) is 18.0. The van der Waals surface area contributed by atoms with E-state index in [4.69, 9.17) is 4.74 Å². The second-order valence-electron chi connectivity index (χ2n) is 5.00. The van der Waals surface area contributed by atoms with Crippen molar-refractivity contribution in [2.75, 3.05) is 18.6 Å². The van der Waals surface area contributed by atoms with Crippen LogP contribution in [0.3, 0.4) is 0 Å². The zero-order valence-corrected chi connectivity index (χ0v) is 11.7. The number of methoxy groups -OCH3 is 1. The van der Waals surface area contributed by atoms with E-state index in [1.54, 1.807) is 0 Å². The molecule has 0 saturated carbocycles. The Morgan fingerprint density at radius 1 is 1.45 bits per heavy atom. The maximum atomic E-state index is 11.5. The lowest BCUT2D eigenvalue weighted by Gasteiger charge is -2.19. The van der Waals surface area contributed by atoms with Crippen molar-refractivity contribution in [1.82, 2.24) is 9.55 Å². The number of aromatic nitrogens is 2. The van der Waals surface area contributed by atoms with Crippen LogP contribution in [0.1, 0.15) is 21.6 Å². The zero-order chi connectivity index (χ0) is 14.1. The van der Waals surface area contributed by atoms with Crippen molar-refractivity contribution in [3.63, 3.8) is 0 Å². The minimum Gasteiger partial charge on any atom is -0.465 e. The fourth-order valence-electron chi connectivity index (χ4n) is 2.61. The van der Waals surface area contributed by atoms with Crippen molar-refractivity contribution in [3.8, 4) is 0 Å². The van der Waals surface area contributed by atoms with E-state index in [9.17, 15) is 4.79 Å². The summed E-state index contributed by atoms with van der Waals surface area (Å²) in [6.07, 6.45) is 4.66. The number of anilines is 1. The van der Waals surface area contributed by atoms with Crippen LogP contribution in [0.4, 0.5) is 5.69 Å². The van der Waals surface area contributed by atoms with Crippen molar-refractivity contribution < 1.29 is 9.53 Å². The lowest BCUT2D eigenvalue weighted by Crippen LogP contribution is -2.21. The highest BCUT2D eigenvalue weighted by molar-refractivity contribution is 5.90. The van der Waals surface area contributed by atoms with E-state index in [-0.39, 0.29) is 5.97 Å². The maximum Gasteiger partial charge on any atom is 0.337 e. The smallest absolute Gasteiger partial charge is 0.337 e. The van der Waals surface area contributed by atoms with Gasteiger partial charge in [0, 0.05) is 25.5 Å². The molecule has 0 radical (unpaired) electrons. The van der Waals surface area contributed by atoms with Gasteiger partial charge in [0.15, 0.2) is 0 Å². The molecule has 1 aliphatic heterocycles. The summed E-state index contributed by atoms with van der Waals surface area (Å²) >= 11 is 0. The van der Waals surface area contributed by atoms with Gasteiger partial charge in [-0.2, -0.15) is 0 Å². The molecular weight excluding hydrogens is 254 g/mol. The molecule has 2 heterocycles. The third-order valence-electron chi connectivity index (χ3n) is 3.76. The molecule has 3 rings (SSSR count). The van der Waals surface area contributed by atoms with Crippen LogP contribution in [0.25, 0.3) is 0 Å². The molecule has 0 fully saturated rings. The Hall–Kier alpha value is -2.30. The number of nitrogens with zero attached hydrogens (tertiary/aromatic N) is 3. The Labute approximate surface area is 117 Å². The van der Waals surface area contributed by atoms with Gasteiger partial charge in [0.25, 0.3) is 0 Å². The standard InChI is InChI=1S/C15H17N3O2/c1-17-10-16-8-13(17)9-18-6-5-11-7-12(15(19)20-2)3-4-14(11)18/h3-4,7-8,10H,5-6,9H2,1-2H3.